The molecule has 5 heteroatoms. The van der Waals surface area contributed by atoms with Gasteiger partial charge in [0.15, 0.2) is 5.96 Å². The van der Waals surface area contributed by atoms with E-state index in [-0.39, 0.29) is 0 Å². The fraction of sp³-hybridized carbons (Fsp3) is 0.353. The first-order valence-electron chi connectivity index (χ1n) is 7.49. The number of hydrogen-bond donors (Lipinski definition) is 2. The summed E-state index contributed by atoms with van der Waals surface area (Å²) in [6, 6.07) is 10.3. The first-order chi connectivity index (χ1) is 10.8. The number of hydrogen-bond acceptors (Lipinski definition) is 3. The Hall–Kier alpha value is -2.01. The SMILES string of the molecule is CCOc1ccccc1CCNC(=NC)NCc1ccsc1. The van der Waals surface area contributed by atoms with Gasteiger partial charge in [-0.25, -0.2) is 0 Å². The van der Waals surface area contributed by atoms with Crippen molar-refractivity contribution >= 4 is 17.3 Å². The number of ether oxygens (including phenoxy) is 1. The van der Waals surface area contributed by atoms with Crippen LogP contribution in [0.3, 0.4) is 0 Å². The van der Waals surface area contributed by atoms with Crippen LogP contribution in [-0.2, 0) is 13.0 Å². The van der Waals surface area contributed by atoms with E-state index in [4.69, 9.17) is 4.74 Å². The molecule has 2 rings (SSSR count). The Morgan fingerprint density at radius 3 is 2.82 bits per heavy atom. The van der Waals surface area contributed by atoms with Gasteiger partial charge in [0.1, 0.15) is 5.75 Å². The zero-order valence-corrected chi connectivity index (χ0v) is 14.0. The van der Waals surface area contributed by atoms with Gasteiger partial charge in [-0.1, -0.05) is 18.2 Å². The summed E-state index contributed by atoms with van der Waals surface area (Å²) in [6.45, 7) is 4.30. The summed E-state index contributed by atoms with van der Waals surface area (Å²) in [4.78, 5) is 4.24. The Kier molecular flexibility index (Phi) is 6.77. The molecular formula is C17H23N3OS. The molecule has 118 valence electrons. The standard InChI is InChI=1S/C17H23N3OS/c1-3-21-16-7-5-4-6-15(16)8-10-19-17(18-2)20-12-14-9-11-22-13-14/h4-7,9,11,13H,3,8,10,12H2,1-2H3,(H2,18,19,20). The summed E-state index contributed by atoms with van der Waals surface area (Å²) < 4.78 is 5.64. The number of para-hydroxylation sites is 1. The summed E-state index contributed by atoms with van der Waals surface area (Å²) in [5.74, 6) is 1.79. The molecule has 0 aliphatic rings. The smallest absolute Gasteiger partial charge is 0.191 e. The van der Waals surface area contributed by atoms with Gasteiger partial charge in [0.2, 0.25) is 0 Å². The van der Waals surface area contributed by atoms with Gasteiger partial charge >= 0.3 is 0 Å². The number of rotatable bonds is 7. The molecule has 22 heavy (non-hydrogen) atoms. The molecule has 2 aromatic rings. The van der Waals surface area contributed by atoms with Gasteiger partial charge in [-0.05, 0) is 47.4 Å². The number of nitrogens with zero attached hydrogens (tertiary/aromatic N) is 1. The molecule has 1 aromatic heterocycles. The van der Waals surface area contributed by atoms with E-state index < -0.39 is 0 Å². The lowest BCUT2D eigenvalue weighted by molar-refractivity contribution is 0.336. The molecule has 0 bridgehead atoms. The van der Waals surface area contributed by atoms with Crippen molar-refractivity contribution in [2.45, 2.75) is 19.9 Å². The Balaban J connectivity index is 1.79. The van der Waals surface area contributed by atoms with Crippen molar-refractivity contribution in [3.63, 3.8) is 0 Å². The molecule has 0 amide bonds. The van der Waals surface area contributed by atoms with E-state index in [1.807, 2.05) is 25.1 Å². The molecule has 4 nitrogen and oxygen atoms in total. The number of benzene rings is 1. The van der Waals surface area contributed by atoms with E-state index in [1.54, 1.807) is 18.4 Å². The third-order valence-corrected chi connectivity index (χ3v) is 3.95. The minimum absolute atomic E-state index is 0.689. The Morgan fingerprint density at radius 2 is 2.09 bits per heavy atom. The van der Waals surface area contributed by atoms with E-state index in [1.165, 1.54) is 11.1 Å². The molecule has 0 aliphatic heterocycles. The molecule has 0 radical (unpaired) electrons. The lowest BCUT2D eigenvalue weighted by atomic mass is 10.1. The molecule has 1 aromatic carbocycles. The Bertz CT molecular complexity index is 581. The molecule has 0 aliphatic carbocycles. The second-order valence-electron chi connectivity index (χ2n) is 4.77. The van der Waals surface area contributed by atoms with Crippen LogP contribution in [0.5, 0.6) is 5.75 Å². The number of thiophene rings is 1. The van der Waals surface area contributed by atoms with Crippen LogP contribution in [-0.4, -0.2) is 26.2 Å². The quantitative estimate of drug-likeness (QED) is 0.609. The average molecular weight is 317 g/mol. The maximum atomic E-state index is 5.64. The highest BCUT2D eigenvalue weighted by Gasteiger charge is 2.03. The lowest BCUT2D eigenvalue weighted by Gasteiger charge is -2.13. The van der Waals surface area contributed by atoms with E-state index in [9.17, 15) is 0 Å². The fourth-order valence-electron chi connectivity index (χ4n) is 2.12. The Morgan fingerprint density at radius 1 is 1.23 bits per heavy atom. The van der Waals surface area contributed by atoms with Gasteiger partial charge in [0, 0.05) is 20.1 Å². The highest BCUT2D eigenvalue weighted by molar-refractivity contribution is 7.07. The van der Waals surface area contributed by atoms with Crippen molar-refractivity contribution in [3.8, 4) is 5.75 Å². The molecule has 2 N–H and O–H groups in total. The van der Waals surface area contributed by atoms with Crippen LogP contribution in [0, 0.1) is 0 Å². The summed E-state index contributed by atoms with van der Waals surface area (Å²) in [5, 5.41) is 10.9. The molecular weight excluding hydrogens is 294 g/mol. The zero-order chi connectivity index (χ0) is 15.6. The first kappa shape index (κ1) is 16.4. The molecule has 0 spiro atoms. The summed E-state index contributed by atoms with van der Waals surface area (Å²) >= 11 is 1.71. The number of aliphatic imine (C=N–C) groups is 1. The molecule has 0 unspecified atom stereocenters. The van der Waals surface area contributed by atoms with Crippen molar-refractivity contribution in [3.05, 3.63) is 52.2 Å². The second-order valence-corrected chi connectivity index (χ2v) is 5.55. The van der Waals surface area contributed by atoms with E-state index in [0.717, 1.165) is 31.2 Å². The number of nitrogens with one attached hydrogen (secondary N) is 2. The third-order valence-electron chi connectivity index (χ3n) is 3.22. The van der Waals surface area contributed by atoms with E-state index >= 15 is 0 Å². The van der Waals surface area contributed by atoms with E-state index in [2.05, 4.69) is 38.5 Å². The maximum Gasteiger partial charge on any atom is 0.191 e. The van der Waals surface area contributed by atoms with Gasteiger partial charge in [-0.15, -0.1) is 0 Å². The van der Waals surface area contributed by atoms with Crippen LogP contribution in [0.15, 0.2) is 46.1 Å². The molecule has 0 atom stereocenters. The minimum atomic E-state index is 0.689. The lowest BCUT2D eigenvalue weighted by Crippen LogP contribution is -2.37. The van der Waals surface area contributed by atoms with Gasteiger partial charge in [0.25, 0.3) is 0 Å². The van der Waals surface area contributed by atoms with Gasteiger partial charge < -0.3 is 15.4 Å². The molecule has 1 heterocycles. The van der Waals surface area contributed by atoms with Crippen LogP contribution in [0.25, 0.3) is 0 Å². The fourth-order valence-corrected chi connectivity index (χ4v) is 2.79. The van der Waals surface area contributed by atoms with E-state index in [0.29, 0.717) is 6.61 Å². The topological polar surface area (TPSA) is 45.6 Å². The van der Waals surface area contributed by atoms with Crippen LogP contribution < -0.4 is 15.4 Å². The van der Waals surface area contributed by atoms with Gasteiger partial charge in [-0.3, -0.25) is 4.99 Å². The minimum Gasteiger partial charge on any atom is -0.494 e. The van der Waals surface area contributed by atoms with Gasteiger partial charge in [-0.2, -0.15) is 11.3 Å². The summed E-state index contributed by atoms with van der Waals surface area (Å²) in [7, 11) is 1.79. The zero-order valence-electron chi connectivity index (χ0n) is 13.1. The first-order valence-corrected chi connectivity index (χ1v) is 8.44. The normalized spacial score (nSPS) is 11.3. The van der Waals surface area contributed by atoms with Crippen molar-refractivity contribution in [1.82, 2.24) is 10.6 Å². The monoisotopic (exact) mass is 317 g/mol. The predicted octanol–water partition coefficient (Wildman–Crippen LogP) is 3.05. The van der Waals surface area contributed by atoms with Crippen LogP contribution in [0.4, 0.5) is 0 Å². The molecule has 0 saturated carbocycles. The predicted molar refractivity (Wildman–Crippen MR) is 93.8 cm³/mol. The molecule has 0 fully saturated rings. The number of guanidine groups is 1. The van der Waals surface area contributed by atoms with Crippen molar-refractivity contribution < 1.29 is 4.74 Å². The van der Waals surface area contributed by atoms with Crippen molar-refractivity contribution in [2.24, 2.45) is 4.99 Å². The van der Waals surface area contributed by atoms with Crippen molar-refractivity contribution in [1.29, 1.82) is 0 Å². The van der Waals surface area contributed by atoms with Crippen LogP contribution in [0.2, 0.25) is 0 Å². The highest BCUT2D eigenvalue weighted by atomic mass is 32.1. The van der Waals surface area contributed by atoms with Gasteiger partial charge in [0.05, 0.1) is 6.61 Å². The largest absolute Gasteiger partial charge is 0.494 e. The summed E-state index contributed by atoms with van der Waals surface area (Å²) in [6.07, 6.45) is 0.898. The summed E-state index contributed by atoms with van der Waals surface area (Å²) in [5.41, 5.74) is 2.49. The third kappa shape index (κ3) is 5.07. The maximum absolute atomic E-state index is 5.64. The highest BCUT2D eigenvalue weighted by Crippen LogP contribution is 2.17. The Labute approximate surface area is 136 Å². The second kappa shape index (κ2) is 9.10. The molecule has 0 saturated heterocycles. The van der Waals surface area contributed by atoms with Crippen LogP contribution >= 0.6 is 11.3 Å². The average Bonchev–Trinajstić information content (AvgIpc) is 3.06. The van der Waals surface area contributed by atoms with Crippen molar-refractivity contribution in [2.75, 3.05) is 20.2 Å². The van der Waals surface area contributed by atoms with Crippen LogP contribution in [0.1, 0.15) is 18.1 Å².